The zero-order valence-corrected chi connectivity index (χ0v) is 13.7. The van der Waals surface area contributed by atoms with Crippen LogP contribution in [0.3, 0.4) is 0 Å². The third kappa shape index (κ3) is 3.04. The van der Waals surface area contributed by atoms with E-state index in [0.29, 0.717) is 12.3 Å². The Balaban J connectivity index is 1.85. The highest BCUT2D eigenvalue weighted by Gasteiger charge is 2.29. The van der Waals surface area contributed by atoms with Crippen LogP contribution >= 0.6 is 15.9 Å². The standard InChI is InChI=1S/C18H19BrFN/c1-21-18(11-13-10-14(19)7-9-17(13)20)16-8-6-12-4-2-3-5-15(12)16/h2-5,7,9-10,16,18,21H,6,8,11H2,1H3. The first-order chi connectivity index (χ1) is 10.2. The second-order valence-electron chi connectivity index (χ2n) is 5.68. The van der Waals surface area contributed by atoms with E-state index in [1.807, 2.05) is 13.1 Å². The van der Waals surface area contributed by atoms with Crippen molar-refractivity contribution in [3.8, 4) is 0 Å². The lowest BCUT2D eigenvalue weighted by Crippen LogP contribution is -2.33. The van der Waals surface area contributed by atoms with Gasteiger partial charge in [-0.15, -0.1) is 0 Å². The predicted molar refractivity (Wildman–Crippen MR) is 88.2 cm³/mol. The molecule has 1 aliphatic rings. The van der Waals surface area contributed by atoms with Crippen molar-refractivity contribution >= 4 is 15.9 Å². The van der Waals surface area contributed by atoms with E-state index < -0.39 is 0 Å². The fourth-order valence-electron chi connectivity index (χ4n) is 3.39. The van der Waals surface area contributed by atoms with Crippen molar-refractivity contribution in [3.63, 3.8) is 0 Å². The van der Waals surface area contributed by atoms with Crippen LogP contribution in [-0.4, -0.2) is 13.1 Å². The van der Waals surface area contributed by atoms with Gasteiger partial charge < -0.3 is 5.32 Å². The molecule has 2 atom stereocenters. The number of nitrogens with one attached hydrogen (secondary N) is 1. The van der Waals surface area contributed by atoms with Gasteiger partial charge in [-0.25, -0.2) is 4.39 Å². The van der Waals surface area contributed by atoms with Gasteiger partial charge in [-0.1, -0.05) is 40.2 Å². The number of halogens is 2. The van der Waals surface area contributed by atoms with Gasteiger partial charge >= 0.3 is 0 Å². The molecule has 1 aliphatic carbocycles. The maximum absolute atomic E-state index is 14.0. The molecular formula is C18H19BrFN. The Morgan fingerprint density at radius 3 is 2.90 bits per heavy atom. The summed E-state index contributed by atoms with van der Waals surface area (Å²) in [5.74, 6) is 0.342. The van der Waals surface area contributed by atoms with Crippen molar-refractivity contribution in [2.24, 2.45) is 0 Å². The summed E-state index contributed by atoms with van der Waals surface area (Å²) in [5.41, 5.74) is 3.64. The van der Waals surface area contributed by atoms with Gasteiger partial charge in [0.25, 0.3) is 0 Å². The van der Waals surface area contributed by atoms with Crippen molar-refractivity contribution in [1.82, 2.24) is 5.32 Å². The average Bonchev–Trinajstić information content (AvgIpc) is 2.92. The van der Waals surface area contributed by atoms with Crippen LogP contribution in [0.1, 0.15) is 29.0 Å². The molecule has 0 heterocycles. The van der Waals surface area contributed by atoms with E-state index in [4.69, 9.17) is 0 Å². The normalized spacial score (nSPS) is 18.5. The van der Waals surface area contributed by atoms with Crippen LogP contribution in [0.4, 0.5) is 4.39 Å². The predicted octanol–water partition coefficient (Wildman–Crippen LogP) is 4.45. The second-order valence-corrected chi connectivity index (χ2v) is 6.59. The van der Waals surface area contributed by atoms with Crippen LogP contribution in [0, 0.1) is 5.82 Å². The van der Waals surface area contributed by atoms with Crippen molar-refractivity contribution in [2.45, 2.75) is 31.2 Å². The molecule has 21 heavy (non-hydrogen) atoms. The highest BCUT2D eigenvalue weighted by Crippen LogP contribution is 2.36. The Bertz CT molecular complexity index is 641. The Kier molecular flexibility index (Phi) is 4.41. The molecule has 2 aromatic rings. The molecule has 2 unspecified atom stereocenters. The highest BCUT2D eigenvalue weighted by atomic mass is 79.9. The minimum atomic E-state index is -0.121. The summed E-state index contributed by atoms with van der Waals surface area (Å²) >= 11 is 3.43. The smallest absolute Gasteiger partial charge is 0.126 e. The molecule has 0 aliphatic heterocycles. The first-order valence-corrected chi connectivity index (χ1v) is 8.17. The molecule has 0 bridgehead atoms. The van der Waals surface area contributed by atoms with Crippen LogP contribution in [0.5, 0.6) is 0 Å². The first-order valence-electron chi connectivity index (χ1n) is 7.38. The van der Waals surface area contributed by atoms with Crippen molar-refractivity contribution in [3.05, 3.63) is 69.4 Å². The van der Waals surface area contributed by atoms with Crippen LogP contribution < -0.4 is 5.32 Å². The van der Waals surface area contributed by atoms with E-state index in [1.54, 1.807) is 6.07 Å². The van der Waals surface area contributed by atoms with E-state index in [9.17, 15) is 4.39 Å². The molecular weight excluding hydrogens is 329 g/mol. The van der Waals surface area contributed by atoms with Gasteiger partial charge in [0.2, 0.25) is 0 Å². The largest absolute Gasteiger partial charge is 0.316 e. The molecule has 1 nitrogen and oxygen atoms in total. The van der Waals surface area contributed by atoms with Gasteiger partial charge in [0.05, 0.1) is 0 Å². The van der Waals surface area contributed by atoms with Crippen molar-refractivity contribution in [1.29, 1.82) is 0 Å². The summed E-state index contributed by atoms with van der Waals surface area (Å²) in [6, 6.07) is 14.1. The number of benzene rings is 2. The quantitative estimate of drug-likeness (QED) is 0.861. The molecule has 0 aromatic heterocycles. The van der Waals surface area contributed by atoms with Crippen LogP contribution in [-0.2, 0) is 12.8 Å². The Hall–Kier alpha value is -1.19. The number of hydrogen-bond acceptors (Lipinski definition) is 1. The summed E-state index contributed by atoms with van der Waals surface area (Å²) in [6.45, 7) is 0. The fraction of sp³-hybridized carbons (Fsp3) is 0.333. The molecule has 0 saturated carbocycles. The maximum atomic E-state index is 14.0. The topological polar surface area (TPSA) is 12.0 Å². The monoisotopic (exact) mass is 347 g/mol. The SMILES string of the molecule is CNC(Cc1cc(Br)ccc1F)C1CCc2ccccc21. The van der Waals surface area contributed by atoms with Crippen molar-refractivity contribution in [2.75, 3.05) is 7.05 Å². The third-order valence-corrected chi connectivity index (χ3v) is 4.98. The number of likely N-dealkylation sites (N-methyl/N-ethyl adjacent to an activating group) is 1. The maximum Gasteiger partial charge on any atom is 0.126 e. The third-order valence-electron chi connectivity index (χ3n) is 4.48. The zero-order valence-electron chi connectivity index (χ0n) is 12.1. The van der Waals surface area contributed by atoms with Gasteiger partial charge in [-0.2, -0.15) is 0 Å². The van der Waals surface area contributed by atoms with Crippen LogP contribution in [0.15, 0.2) is 46.9 Å². The number of aryl methyl sites for hydroxylation is 1. The van der Waals surface area contributed by atoms with Crippen molar-refractivity contribution < 1.29 is 4.39 Å². The summed E-state index contributed by atoms with van der Waals surface area (Å²) in [4.78, 5) is 0. The Morgan fingerprint density at radius 1 is 1.29 bits per heavy atom. The fourth-order valence-corrected chi connectivity index (χ4v) is 3.80. The molecule has 3 rings (SSSR count). The Morgan fingerprint density at radius 2 is 2.10 bits per heavy atom. The molecule has 1 N–H and O–H groups in total. The summed E-state index contributed by atoms with van der Waals surface area (Å²) in [6.07, 6.45) is 2.97. The van der Waals surface area contributed by atoms with Gasteiger partial charge in [0, 0.05) is 16.4 Å². The highest BCUT2D eigenvalue weighted by molar-refractivity contribution is 9.10. The second kappa shape index (κ2) is 6.29. The molecule has 0 amide bonds. The van der Waals surface area contributed by atoms with Gasteiger partial charge in [-0.3, -0.25) is 0 Å². The summed E-state index contributed by atoms with van der Waals surface area (Å²) in [7, 11) is 1.97. The van der Waals surface area contributed by atoms with E-state index in [-0.39, 0.29) is 11.9 Å². The lowest BCUT2D eigenvalue weighted by molar-refractivity contribution is 0.448. The molecule has 0 spiro atoms. The number of fused-ring (bicyclic) bond motifs is 1. The molecule has 110 valence electrons. The molecule has 3 heteroatoms. The lowest BCUT2D eigenvalue weighted by atomic mass is 9.89. The summed E-state index contributed by atoms with van der Waals surface area (Å²) < 4.78 is 14.9. The van der Waals surface area contributed by atoms with E-state index in [1.165, 1.54) is 17.2 Å². The van der Waals surface area contributed by atoms with Crippen LogP contribution in [0.2, 0.25) is 0 Å². The number of hydrogen-bond donors (Lipinski definition) is 1. The molecule has 0 radical (unpaired) electrons. The van der Waals surface area contributed by atoms with Gasteiger partial charge in [0.15, 0.2) is 0 Å². The zero-order chi connectivity index (χ0) is 14.8. The molecule has 0 fully saturated rings. The minimum Gasteiger partial charge on any atom is -0.316 e. The van der Waals surface area contributed by atoms with E-state index in [0.717, 1.165) is 22.9 Å². The average molecular weight is 348 g/mol. The van der Waals surface area contributed by atoms with Gasteiger partial charge in [-0.05, 0) is 61.2 Å². The molecule has 2 aromatic carbocycles. The van der Waals surface area contributed by atoms with E-state index in [2.05, 4.69) is 45.5 Å². The first kappa shape index (κ1) is 14.7. The molecule has 0 saturated heterocycles. The van der Waals surface area contributed by atoms with Gasteiger partial charge in [0.1, 0.15) is 5.82 Å². The van der Waals surface area contributed by atoms with Crippen LogP contribution in [0.25, 0.3) is 0 Å². The lowest BCUT2D eigenvalue weighted by Gasteiger charge is -2.24. The number of rotatable bonds is 4. The minimum absolute atomic E-state index is 0.121. The Labute approximate surface area is 133 Å². The summed E-state index contributed by atoms with van der Waals surface area (Å²) in [5, 5.41) is 3.40. The van der Waals surface area contributed by atoms with E-state index >= 15 is 0 Å².